The van der Waals surface area contributed by atoms with Gasteiger partial charge in [-0.15, -0.1) is 0 Å². The molecule has 1 aromatic carbocycles. The molecule has 1 N–H and O–H groups in total. The Bertz CT molecular complexity index is 2080. The van der Waals surface area contributed by atoms with Gasteiger partial charge < -0.3 is 23.7 Å². The normalized spacial score (nSPS) is 17.8. The molecule has 2 aliphatic rings. The van der Waals surface area contributed by atoms with Crippen LogP contribution in [0.1, 0.15) is 48.6 Å². The number of benzene rings is 1. The van der Waals surface area contributed by atoms with Gasteiger partial charge in [-0.05, 0) is 56.2 Å². The predicted octanol–water partition coefficient (Wildman–Crippen LogP) is 5.45. The van der Waals surface area contributed by atoms with Gasteiger partial charge in [-0.3, -0.25) is 9.69 Å². The van der Waals surface area contributed by atoms with Gasteiger partial charge in [0.15, 0.2) is 17.2 Å². The van der Waals surface area contributed by atoms with Crippen molar-refractivity contribution in [1.82, 2.24) is 34.0 Å². The molecule has 1 aliphatic carbocycles. The van der Waals surface area contributed by atoms with Crippen molar-refractivity contribution in [2.45, 2.75) is 58.0 Å². The third-order valence-electron chi connectivity index (χ3n) is 8.80. The number of nitrogens with zero attached hydrogens (tertiary/aromatic N) is 7. The number of pyridine rings is 2. The third-order valence-corrected chi connectivity index (χ3v) is 9.04. The van der Waals surface area contributed by atoms with E-state index < -0.39 is 29.4 Å². The maximum Gasteiger partial charge on any atom is 0.320 e. The summed E-state index contributed by atoms with van der Waals surface area (Å²) in [5.41, 5.74) is 3.03. The number of ether oxygens (including phenoxy) is 2. The summed E-state index contributed by atoms with van der Waals surface area (Å²) in [6, 6.07) is 10.4. The average Bonchev–Trinajstić information content (AvgIpc) is 3.66. The smallest absolute Gasteiger partial charge is 0.320 e. The number of fused-ring (bicyclic) bond motifs is 1. The highest BCUT2D eigenvalue weighted by molar-refractivity contribution is 6.30. The zero-order valence-electron chi connectivity index (χ0n) is 26.5. The van der Waals surface area contributed by atoms with E-state index in [1.54, 1.807) is 6.33 Å². The van der Waals surface area contributed by atoms with Crippen LogP contribution in [-0.2, 0) is 31.0 Å². The molecule has 0 radical (unpaired) electrons. The summed E-state index contributed by atoms with van der Waals surface area (Å²) in [4.78, 5) is 32.4. The molecule has 49 heavy (non-hydrogen) atoms. The van der Waals surface area contributed by atoms with Crippen LogP contribution in [0.4, 0.5) is 8.78 Å². The maximum atomic E-state index is 14.5. The van der Waals surface area contributed by atoms with Crippen LogP contribution in [0.15, 0.2) is 55.0 Å². The minimum atomic E-state index is -0.949. The van der Waals surface area contributed by atoms with Crippen molar-refractivity contribution < 1.29 is 28.2 Å². The highest BCUT2D eigenvalue weighted by atomic mass is 35.5. The lowest BCUT2D eigenvalue weighted by atomic mass is 9.83. The molecule has 1 saturated heterocycles. The first-order valence-corrected chi connectivity index (χ1v) is 16.3. The maximum absolute atomic E-state index is 14.5. The number of hydrogen-bond acceptors (Lipinski definition) is 8. The highest BCUT2D eigenvalue weighted by Gasteiger charge is 2.34. The number of aryl methyl sites for hydroxylation is 1. The van der Waals surface area contributed by atoms with Gasteiger partial charge in [-0.25, -0.2) is 28.7 Å². The van der Waals surface area contributed by atoms with Crippen LogP contribution in [0.3, 0.4) is 0 Å². The second-order valence-electron chi connectivity index (χ2n) is 12.0. The lowest BCUT2D eigenvalue weighted by Crippen LogP contribution is -2.38. The second kappa shape index (κ2) is 13.8. The Kier molecular flexibility index (Phi) is 9.16. The SMILES string of the molecule is CCn1cncc1Cn1c(CN2CCC(Oc3ccc(F)c(COc4ccc(Cl)cc4F)n3)CC2)nc2ccc(C3C#CC3C(=O)O)nc21. The first-order valence-electron chi connectivity index (χ1n) is 16.0. The van der Waals surface area contributed by atoms with Crippen molar-refractivity contribution in [3.05, 3.63) is 94.6 Å². The van der Waals surface area contributed by atoms with E-state index in [9.17, 15) is 18.7 Å². The van der Waals surface area contributed by atoms with Crippen molar-refractivity contribution >= 4 is 28.7 Å². The Morgan fingerprint density at radius 2 is 1.88 bits per heavy atom. The van der Waals surface area contributed by atoms with Gasteiger partial charge >= 0.3 is 5.97 Å². The van der Waals surface area contributed by atoms with Gasteiger partial charge in [0.1, 0.15) is 41.5 Å². The molecule has 5 aromatic rings. The molecule has 14 heteroatoms. The number of carboxylic acids is 1. The quantitative estimate of drug-likeness (QED) is 0.171. The van der Waals surface area contributed by atoms with Crippen molar-refractivity contribution in [1.29, 1.82) is 0 Å². The molecule has 0 bridgehead atoms. The Labute approximate surface area is 285 Å². The van der Waals surface area contributed by atoms with Crippen LogP contribution < -0.4 is 9.47 Å². The van der Waals surface area contributed by atoms with Crippen LogP contribution in [0.2, 0.25) is 5.02 Å². The molecule has 252 valence electrons. The van der Waals surface area contributed by atoms with Gasteiger partial charge in [0.2, 0.25) is 5.88 Å². The summed E-state index contributed by atoms with van der Waals surface area (Å²) in [5, 5.41) is 9.77. The van der Waals surface area contributed by atoms with E-state index in [0.29, 0.717) is 37.3 Å². The van der Waals surface area contributed by atoms with Crippen LogP contribution in [0, 0.1) is 29.4 Å². The molecule has 0 spiro atoms. The van der Waals surface area contributed by atoms with E-state index in [1.807, 2.05) is 18.3 Å². The lowest BCUT2D eigenvalue weighted by molar-refractivity contribution is -0.140. The summed E-state index contributed by atoms with van der Waals surface area (Å²) in [5.74, 6) is 3.33. The number of aliphatic carboxylic acids is 1. The molecule has 4 aromatic heterocycles. The summed E-state index contributed by atoms with van der Waals surface area (Å²) >= 11 is 5.80. The number of likely N-dealkylation sites (tertiary alicyclic amines) is 1. The van der Waals surface area contributed by atoms with E-state index in [0.717, 1.165) is 42.7 Å². The van der Waals surface area contributed by atoms with Gasteiger partial charge in [-0.2, -0.15) is 0 Å². The molecule has 11 nitrogen and oxygen atoms in total. The molecular formula is C35H32ClF2N7O4. The molecule has 1 aliphatic heterocycles. The third kappa shape index (κ3) is 6.93. The lowest BCUT2D eigenvalue weighted by Gasteiger charge is -2.31. The second-order valence-corrected chi connectivity index (χ2v) is 12.4. The fourth-order valence-corrected chi connectivity index (χ4v) is 6.23. The van der Waals surface area contributed by atoms with Crippen molar-refractivity contribution in [3.8, 4) is 23.5 Å². The summed E-state index contributed by atoms with van der Waals surface area (Å²) in [6.07, 6.45) is 4.92. The van der Waals surface area contributed by atoms with Gasteiger partial charge in [0.05, 0.1) is 36.7 Å². The number of halogens is 3. The van der Waals surface area contributed by atoms with Gasteiger partial charge in [0.25, 0.3) is 0 Å². The van der Waals surface area contributed by atoms with Crippen LogP contribution >= 0.6 is 11.6 Å². The standard InChI is InChI=1S/C35H32ClF2N7O4/c1-2-44-20-39-16-22(44)17-45-32(40-29-8-7-28(42-34(29)45)24-4-5-25(24)35(46)47)18-43-13-11-23(12-14-43)49-33-10-6-26(37)30(41-33)19-48-31-9-3-21(36)15-27(31)38/h3,6-10,15-16,20,23-25H,2,11-14,17-19H2,1H3,(H,46,47). The predicted molar refractivity (Wildman–Crippen MR) is 175 cm³/mol. The summed E-state index contributed by atoms with van der Waals surface area (Å²) in [6.45, 7) is 5.07. The largest absolute Gasteiger partial charge is 0.484 e. The number of imidazole rings is 2. The van der Waals surface area contributed by atoms with E-state index >= 15 is 0 Å². The number of rotatable bonds is 12. The molecule has 0 saturated carbocycles. The fourth-order valence-electron chi connectivity index (χ4n) is 6.07. The monoisotopic (exact) mass is 687 g/mol. The molecule has 1 fully saturated rings. The first-order chi connectivity index (χ1) is 23.7. The minimum absolute atomic E-state index is 0.00667. The molecule has 5 heterocycles. The Morgan fingerprint density at radius 3 is 2.61 bits per heavy atom. The fraction of sp³-hybridized carbons (Fsp3) is 0.343. The number of piperidine rings is 1. The molecule has 7 rings (SSSR count). The van der Waals surface area contributed by atoms with Crippen LogP contribution in [0.25, 0.3) is 11.2 Å². The average molecular weight is 688 g/mol. The Morgan fingerprint density at radius 1 is 1.04 bits per heavy atom. The number of carboxylic acid groups (broad SMARTS) is 1. The molecule has 0 amide bonds. The summed E-state index contributed by atoms with van der Waals surface area (Å²) < 4.78 is 44.4. The van der Waals surface area contributed by atoms with Crippen LogP contribution in [0.5, 0.6) is 11.6 Å². The van der Waals surface area contributed by atoms with Gasteiger partial charge in [-0.1, -0.05) is 23.4 Å². The van der Waals surface area contributed by atoms with Crippen molar-refractivity contribution in [2.24, 2.45) is 5.92 Å². The zero-order chi connectivity index (χ0) is 34.1. The molecule has 2 atom stereocenters. The van der Waals surface area contributed by atoms with Crippen LogP contribution in [-0.4, -0.2) is 64.2 Å². The van der Waals surface area contributed by atoms with E-state index in [2.05, 4.69) is 42.8 Å². The highest BCUT2D eigenvalue weighted by Crippen LogP contribution is 2.31. The summed E-state index contributed by atoms with van der Waals surface area (Å²) in [7, 11) is 0. The topological polar surface area (TPSA) is 120 Å². The van der Waals surface area contributed by atoms with Crippen molar-refractivity contribution in [3.63, 3.8) is 0 Å². The van der Waals surface area contributed by atoms with Gasteiger partial charge in [0, 0.05) is 36.9 Å². The van der Waals surface area contributed by atoms with Crippen molar-refractivity contribution in [2.75, 3.05) is 13.1 Å². The molecular weight excluding hydrogens is 656 g/mol. The van der Waals surface area contributed by atoms with E-state index in [4.69, 9.17) is 31.0 Å². The Balaban J connectivity index is 1.03. The van der Waals surface area contributed by atoms with E-state index in [-0.39, 0.29) is 35.1 Å². The Hall–Kier alpha value is -5.06. The minimum Gasteiger partial charge on any atom is -0.484 e. The molecule has 2 unspecified atom stereocenters. The number of aromatic nitrogens is 6. The number of carbonyl (C=O) groups is 1. The first kappa shape index (κ1) is 32.5. The zero-order valence-corrected chi connectivity index (χ0v) is 27.3. The van der Waals surface area contributed by atoms with E-state index in [1.165, 1.54) is 24.3 Å². The number of hydrogen-bond donors (Lipinski definition) is 1.